The average Bonchev–Trinajstić information content (AvgIpc) is 2.72. The lowest BCUT2D eigenvalue weighted by Gasteiger charge is -2.35. The number of fused-ring (bicyclic) bond motifs is 2. The van der Waals surface area contributed by atoms with Crippen LogP contribution in [0.5, 0.6) is 0 Å². The van der Waals surface area contributed by atoms with E-state index in [1.807, 2.05) is 55.5 Å². The van der Waals surface area contributed by atoms with E-state index in [4.69, 9.17) is 0 Å². The Kier molecular flexibility index (Phi) is 4.91. The van der Waals surface area contributed by atoms with E-state index in [1.54, 1.807) is 18.2 Å². The zero-order valence-electron chi connectivity index (χ0n) is 15.6. The van der Waals surface area contributed by atoms with E-state index in [0.29, 0.717) is 13.0 Å². The number of carbonyl (C=O) groups excluding carboxylic acids is 1. The predicted molar refractivity (Wildman–Crippen MR) is 109 cm³/mol. The van der Waals surface area contributed by atoms with Crippen molar-refractivity contribution >= 4 is 26.7 Å². The van der Waals surface area contributed by atoms with Crippen LogP contribution in [0.15, 0.2) is 71.6 Å². The molecule has 0 saturated heterocycles. The molecule has 0 aliphatic carbocycles. The Labute approximate surface area is 165 Å². The van der Waals surface area contributed by atoms with E-state index in [0.717, 1.165) is 21.9 Å². The second-order valence-electron chi connectivity index (χ2n) is 6.94. The number of nitrogens with zero attached hydrogens (tertiary/aromatic N) is 1. The lowest BCUT2D eigenvalue weighted by atomic mass is 9.95. The predicted octanol–water partition coefficient (Wildman–Crippen LogP) is 3.09. The highest BCUT2D eigenvalue weighted by atomic mass is 32.2. The molecule has 0 bridgehead atoms. The maximum absolute atomic E-state index is 13.5. The first kappa shape index (κ1) is 18.7. The van der Waals surface area contributed by atoms with Gasteiger partial charge < -0.3 is 5.32 Å². The third-order valence-corrected chi connectivity index (χ3v) is 7.04. The first-order valence-corrected chi connectivity index (χ1v) is 10.8. The fourth-order valence-corrected chi connectivity index (χ4v) is 5.33. The number of hydrogen-bond donors (Lipinski definition) is 1. The van der Waals surface area contributed by atoms with Gasteiger partial charge in [0.25, 0.3) is 0 Å². The number of amides is 1. The van der Waals surface area contributed by atoms with Crippen molar-refractivity contribution in [3.05, 3.63) is 77.9 Å². The number of nitrogens with one attached hydrogen (secondary N) is 1. The molecule has 0 aromatic heterocycles. The summed E-state index contributed by atoms with van der Waals surface area (Å²) < 4.78 is 28.3. The van der Waals surface area contributed by atoms with E-state index in [1.165, 1.54) is 4.31 Å². The van der Waals surface area contributed by atoms with Crippen LogP contribution in [-0.4, -0.2) is 31.2 Å². The van der Waals surface area contributed by atoms with Crippen molar-refractivity contribution in [2.45, 2.75) is 30.8 Å². The molecule has 28 heavy (non-hydrogen) atoms. The summed E-state index contributed by atoms with van der Waals surface area (Å²) >= 11 is 0. The van der Waals surface area contributed by atoms with E-state index >= 15 is 0 Å². The summed E-state index contributed by atoms with van der Waals surface area (Å²) in [6, 6.07) is 19.7. The number of sulfonamides is 1. The first-order chi connectivity index (χ1) is 13.5. The molecule has 4 rings (SSSR count). The summed E-state index contributed by atoms with van der Waals surface area (Å²) in [4.78, 5) is 12.9. The van der Waals surface area contributed by atoms with Gasteiger partial charge in [0.2, 0.25) is 15.9 Å². The van der Waals surface area contributed by atoms with Crippen molar-refractivity contribution < 1.29 is 13.2 Å². The van der Waals surface area contributed by atoms with Gasteiger partial charge in [-0.3, -0.25) is 4.79 Å². The lowest BCUT2D eigenvalue weighted by Crippen LogP contribution is -2.52. The highest BCUT2D eigenvalue weighted by molar-refractivity contribution is 7.89. The summed E-state index contributed by atoms with van der Waals surface area (Å²) in [5, 5.41) is 4.62. The average molecular weight is 394 g/mol. The van der Waals surface area contributed by atoms with Crippen LogP contribution in [0, 0.1) is 0 Å². The Hall–Kier alpha value is -2.70. The molecule has 0 saturated carbocycles. The summed E-state index contributed by atoms with van der Waals surface area (Å²) in [5.41, 5.74) is 1.95. The van der Waals surface area contributed by atoms with Gasteiger partial charge in [-0.1, -0.05) is 54.6 Å². The Balaban J connectivity index is 1.79. The summed E-state index contributed by atoms with van der Waals surface area (Å²) in [7, 11) is -3.84. The fourth-order valence-electron chi connectivity index (χ4n) is 3.73. The Morgan fingerprint density at radius 3 is 2.43 bits per heavy atom. The molecule has 0 spiro atoms. The maximum Gasteiger partial charge on any atom is 0.244 e. The molecule has 5 nitrogen and oxygen atoms in total. The van der Waals surface area contributed by atoms with Crippen LogP contribution in [-0.2, 0) is 27.8 Å². The monoisotopic (exact) mass is 394 g/mol. The van der Waals surface area contributed by atoms with E-state index < -0.39 is 16.1 Å². The molecule has 3 aromatic rings. The minimum atomic E-state index is -3.84. The van der Waals surface area contributed by atoms with Gasteiger partial charge in [-0.2, -0.15) is 4.31 Å². The van der Waals surface area contributed by atoms with Crippen molar-refractivity contribution in [1.29, 1.82) is 0 Å². The minimum absolute atomic E-state index is 0.188. The highest BCUT2D eigenvalue weighted by Crippen LogP contribution is 2.30. The van der Waals surface area contributed by atoms with Crippen molar-refractivity contribution in [3.8, 4) is 0 Å². The van der Waals surface area contributed by atoms with Gasteiger partial charge >= 0.3 is 0 Å². The van der Waals surface area contributed by atoms with Gasteiger partial charge in [0.05, 0.1) is 4.90 Å². The normalized spacial score (nSPS) is 17.2. The smallest absolute Gasteiger partial charge is 0.244 e. The van der Waals surface area contributed by atoms with E-state index in [2.05, 4.69) is 5.32 Å². The van der Waals surface area contributed by atoms with Crippen molar-refractivity contribution in [3.63, 3.8) is 0 Å². The summed E-state index contributed by atoms with van der Waals surface area (Å²) in [6.07, 6.45) is 0.370. The van der Waals surface area contributed by atoms with Gasteiger partial charge in [-0.05, 0) is 47.4 Å². The molecule has 6 heteroatoms. The van der Waals surface area contributed by atoms with E-state index in [9.17, 15) is 13.2 Å². The van der Waals surface area contributed by atoms with Crippen molar-refractivity contribution in [2.75, 3.05) is 6.54 Å². The topological polar surface area (TPSA) is 66.5 Å². The molecule has 1 amide bonds. The van der Waals surface area contributed by atoms with Crippen LogP contribution >= 0.6 is 0 Å². The molecule has 1 N–H and O–H groups in total. The largest absolute Gasteiger partial charge is 0.355 e. The number of hydrogen-bond acceptors (Lipinski definition) is 3. The van der Waals surface area contributed by atoms with Gasteiger partial charge in [-0.25, -0.2) is 8.42 Å². The molecule has 0 radical (unpaired) electrons. The van der Waals surface area contributed by atoms with Gasteiger partial charge in [0.1, 0.15) is 6.04 Å². The molecule has 1 heterocycles. The molecular weight excluding hydrogens is 372 g/mol. The van der Waals surface area contributed by atoms with Gasteiger partial charge in [0.15, 0.2) is 0 Å². The summed E-state index contributed by atoms with van der Waals surface area (Å²) in [5.74, 6) is -0.263. The SMILES string of the molecule is CCNC(=O)C1Cc2ccccc2CN1S(=O)(=O)c1ccc2ccccc2c1. The second-order valence-corrected chi connectivity index (χ2v) is 8.83. The van der Waals surface area contributed by atoms with Crippen LogP contribution in [0.3, 0.4) is 0 Å². The second kappa shape index (κ2) is 7.37. The molecule has 3 aromatic carbocycles. The van der Waals surface area contributed by atoms with Gasteiger partial charge in [0, 0.05) is 13.1 Å². The van der Waals surface area contributed by atoms with Crippen LogP contribution in [0.4, 0.5) is 0 Å². The number of rotatable bonds is 4. The van der Waals surface area contributed by atoms with Crippen LogP contribution in [0.2, 0.25) is 0 Å². The Morgan fingerprint density at radius 1 is 1.00 bits per heavy atom. The van der Waals surface area contributed by atoms with Crippen LogP contribution in [0.1, 0.15) is 18.1 Å². The zero-order chi connectivity index (χ0) is 19.7. The minimum Gasteiger partial charge on any atom is -0.355 e. The lowest BCUT2D eigenvalue weighted by molar-refractivity contribution is -0.125. The molecule has 1 unspecified atom stereocenters. The molecule has 1 aliphatic heterocycles. The maximum atomic E-state index is 13.5. The van der Waals surface area contributed by atoms with Gasteiger partial charge in [-0.15, -0.1) is 0 Å². The molecule has 1 aliphatic rings. The molecular formula is C22H22N2O3S. The highest BCUT2D eigenvalue weighted by Gasteiger charge is 2.39. The number of likely N-dealkylation sites (N-methyl/N-ethyl adjacent to an activating group) is 1. The molecule has 1 atom stereocenters. The standard InChI is InChI=1S/C22H22N2O3S/c1-2-23-22(25)21-14-18-9-5-6-10-19(18)15-24(21)28(26,27)20-12-11-16-7-3-4-8-17(16)13-20/h3-13,21H,2,14-15H2,1H3,(H,23,25). The van der Waals surface area contributed by atoms with Crippen molar-refractivity contribution in [2.24, 2.45) is 0 Å². The molecule has 144 valence electrons. The number of benzene rings is 3. The quantitative estimate of drug-likeness (QED) is 0.739. The third kappa shape index (κ3) is 3.30. The summed E-state index contributed by atoms with van der Waals surface area (Å²) in [6.45, 7) is 2.48. The third-order valence-electron chi connectivity index (χ3n) is 5.19. The van der Waals surface area contributed by atoms with E-state index in [-0.39, 0.29) is 17.3 Å². The van der Waals surface area contributed by atoms with Crippen molar-refractivity contribution in [1.82, 2.24) is 9.62 Å². The Morgan fingerprint density at radius 2 is 1.68 bits per heavy atom. The van der Waals surface area contributed by atoms with Crippen LogP contribution in [0.25, 0.3) is 10.8 Å². The fraction of sp³-hybridized carbons (Fsp3) is 0.227. The first-order valence-electron chi connectivity index (χ1n) is 9.36. The number of carbonyl (C=O) groups is 1. The Bertz CT molecular complexity index is 1140. The zero-order valence-corrected chi connectivity index (χ0v) is 16.4. The molecule has 0 fully saturated rings. The van der Waals surface area contributed by atoms with Crippen LogP contribution < -0.4 is 5.32 Å².